The molecule has 0 aromatic heterocycles. The third kappa shape index (κ3) is 3.08. The molecule has 0 unspecified atom stereocenters. The van der Waals surface area contributed by atoms with Crippen molar-refractivity contribution < 1.29 is 8.42 Å². The van der Waals surface area contributed by atoms with Crippen molar-refractivity contribution in [2.75, 3.05) is 5.32 Å². The first-order chi connectivity index (χ1) is 10.4. The highest BCUT2D eigenvalue weighted by Crippen LogP contribution is 2.29. The van der Waals surface area contributed by atoms with E-state index >= 15 is 0 Å². The zero-order valence-corrected chi connectivity index (χ0v) is 13.4. The molecule has 2 N–H and O–H groups in total. The summed E-state index contributed by atoms with van der Waals surface area (Å²) in [5.41, 5.74) is 2.63. The molecule has 0 bridgehead atoms. The average molecular weight is 336 g/mol. The lowest BCUT2D eigenvalue weighted by Crippen LogP contribution is -2.34. The lowest BCUT2D eigenvalue weighted by molar-refractivity contribution is 0.597. The van der Waals surface area contributed by atoms with Gasteiger partial charge in [-0.25, -0.2) is 0 Å². The molecule has 114 valence electrons. The van der Waals surface area contributed by atoms with Crippen molar-refractivity contribution in [2.45, 2.75) is 18.4 Å². The monoisotopic (exact) mass is 335 g/mol. The van der Waals surface area contributed by atoms with Gasteiger partial charge in [0, 0.05) is 11.6 Å². The van der Waals surface area contributed by atoms with Crippen molar-refractivity contribution in [1.82, 2.24) is 5.32 Å². The summed E-state index contributed by atoms with van der Waals surface area (Å²) in [6.45, 7) is 2.48. The van der Waals surface area contributed by atoms with E-state index in [4.69, 9.17) is 11.6 Å². The van der Waals surface area contributed by atoms with Crippen molar-refractivity contribution in [2.24, 2.45) is 4.40 Å². The quantitative estimate of drug-likeness (QED) is 0.885. The van der Waals surface area contributed by atoms with E-state index in [2.05, 4.69) is 15.0 Å². The van der Waals surface area contributed by atoms with Gasteiger partial charge in [0.05, 0.1) is 5.69 Å². The Labute approximate surface area is 134 Å². The largest absolute Gasteiger partial charge is 0.351 e. The van der Waals surface area contributed by atoms with Crippen LogP contribution in [0, 0.1) is 6.92 Å². The van der Waals surface area contributed by atoms with Crippen LogP contribution < -0.4 is 10.6 Å². The van der Waals surface area contributed by atoms with Crippen LogP contribution in [-0.4, -0.2) is 14.4 Å². The fourth-order valence-corrected chi connectivity index (χ4v) is 3.36. The molecule has 0 radical (unpaired) electrons. The molecule has 5 nitrogen and oxygen atoms in total. The Balaban J connectivity index is 1.81. The molecular weight excluding hydrogens is 322 g/mol. The molecular formula is C15H14ClN3O2S. The number of hydrogen-bond donors (Lipinski definition) is 2. The van der Waals surface area contributed by atoms with Gasteiger partial charge in [-0.3, -0.25) is 0 Å². The molecule has 0 spiro atoms. The zero-order chi connectivity index (χ0) is 15.7. The topological polar surface area (TPSA) is 70.6 Å². The maximum Gasteiger partial charge on any atom is 0.287 e. The second-order valence-corrected chi connectivity index (χ2v) is 7.03. The molecule has 0 atom stereocenters. The Morgan fingerprint density at radius 3 is 2.64 bits per heavy atom. The Kier molecular flexibility index (Phi) is 3.80. The lowest BCUT2D eigenvalue weighted by atomic mass is 10.1. The smallest absolute Gasteiger partial charge is 0.287 e. The molecule has 2 aromatic carbocycles. The molecule has 0 aliphatic carbocycles. The van der Waals surface area contributed by atoms with Crippen LogP contribution in [0.3, 0.4) is 0 Å². The van der Waals surface area contributed by atoms with Crippen LogP contribution in [0.4, 0.5) is 5.69 Å². The number of guanidine groups is 1. The number of sulfonamides is 1. The fraction of sp³-hybridized carbons (Fsp3) is 0.133. The van der Waals surface area contributed by atoms with Crippen LogP contribution in [0.15, 0.2) is 51.8 Å². The van der Waals surface area contributed by atoms with Crippen LogP contribution in [0.1, 0.15) is 11.1 Å². The predicted molar refractivity (Wildman–Crippen MR) is 87.7 cm³/mol. The molecule has 2 aromatic rings. The molecule has 22 heavy (non-hydrogen) atoms. The highest BCUT2D eigenvalue weighted by atomic mass is 35.5. The van der Waals surface area contributed by atoms with Gasteiger partial charge >= 0.3 is 0 Å². The molecule has 0 amide bonds. The minimum absolute atomic E-state index is 0.123. The predicted octanol–water partition coefficient (Wildman–Crippen LogP) is 2.91. The average Bonchev–Trinajstić information content (AvgIpc) is 2.45. The number of halogens is 1. The molecule has 1 aliphatic rings. The SMILES string of the molecule is Cc1ccc(CNC2=NS(=O)(=O)c3ccc(Cl)cc3N2)cc1. The number of fused-ring (bicyclic) bond motifs is 1. The fourth-order valence-electron chi connectivity index (χ4n) is 2.11. The van der Waals surface area contributed by atoms with Gasteiger partial charge in [0.25, 0.3) is 10.0 Å². The van der Waals surface area contributed by atoms with Gasteiger partial charge in [-0.15, -0.1) is 4.40 Å². The highest BCUT2D eigenvalue weighted by Gasteiger charge is 2.24. The van der Waals surface area contributed by atoms with E-state index in [0.717, 1.165) is 5.56 Å². The summed E-state index contributed by atoms with van der Waals surface area (Å²) in [6, 6.07) is 12.5. The van der Waals surface area contributed by atoms with Crippen LogP contribution >= 0.6 is 11.6 Å². The Morgan fingerprint density at radius 2 is 1.91 bits per heavy atom. The van der Waals surface area contributed by atoms with E-state index in [1.165, 1.54) is 17.7 Å². The molecule has 0 saturated heterocycles. The Morgan fingerprint density at radius 1 is 1.18 bits per heavy atom. The van der Waals surface area contributed by atoms with Crippen LogP contribution in [-0.2, 0) is 16.6 Å². The minimum Gasteiger partial charge on any atom is -0.351 e. The van der Waals surface area contributed by atoms with E-state index < -0.39 is 10.0 Å². The summed E-state index contributed by atoms with van der Waals surface area (Å²) in [6.07, 6.45) is 0. The second kappa shape index (κ2) is 5.62. The number of rotatable bonds is 2. The first-order valence-corrected chi connectivity index (χ1v) is 8.47. The molecule has 0 saturated carbocycles. The summed E-state index contributed by atoms with van der Waals surface area (Å²) in [5.74, 6) is 0.190. The van der Waals surface area contributed by atoms with Gasteiger partial charge in [-0.1, -0.05) is 41.4 Å². The minimum atomic E-state index is -3.71. The molecule has 0 fully saturated rings. The highest BCUT2D eigenvalue weighted by molar-refractivity contribution is 7.90. The van der Waals surface area contributed by atoms with Crippen LogP contribution in [0.25, 0.3) is 0 Å². The van der Waals surface area contributed by atoms with Crippen LogP contribution in [0.2, 0.25) is 5.02 Å². The summed E-state index contributed by atoms with van der Waals surface area (Å²) < 4.78 is 28.0. The Bertz CT molecular complexity index is 846. The first-order valence-electron chi connectivity index (χ1n) is 6.65. The number of benzene rings is 2. The van der Waals surface area contributed by atoms with Crippen LogP contribution in [0.5, 0.6) is 0 Å². The van der Waals surface area contributed by atoms with Gasteiger partial charge < -0.3 is 10.6 Å². The molecule has 7 heteroatoms. The number of nitrogens with one attached hydrogen (secondary N) is 2. The van der Waals surface area contributed by atoms with E-state index in [1.54, 1.807) is 6.07 Å². The zero-order valence-electron chi connectivity index (χ0n) is 11.8. The second-order valence-electron chi connectivity index (χ2n) is 5.02. The Hall–Kier alpha value is -2.05. The molecule has 1 heterocycles. The number of hydrogen-bond acceptors (Lipinski definition) is 4. The van der Waals surface area contributed by atoms with Gasteiger partial charge in [0.1, 0.15) is 4.90 Å². The van der Waals surface area contributed by atoms with Gasteiger partial charge in [0.15, 0.2) is 0 Å². The van der Waals surface area contributed by atoms with Crippen molar-refractivity contribution in [3.8, 4) is 0 Å². The standard InChI is InChI=1S/C15H14ClN3O2S/c1-10-2-4-11(5-3-10)9-17-15-18-13-8-12(16)6-7-14(13)22(20,21)19-15/h2-8H,9H2,1H3,(H2,17,18,19). The maximum atomic E-state index is 12.1. The summed E-state index contributed by atoms with van der Waals surface area (Å²) >= 11 is 5.91. The number of aryl methyl sites for hydroxylation is 1. The van der Waals surface area contributed by atoms with E-state index in [-0.39, 0.29) is 10.9 Å². The van der Waals surface area contributed by atoms with Crippen molar-refractivity contribution in [3.05, 3.63) is 58.6 Å². The number of nitrogens with zero attached hydrogens (tertiary/aromatic N) is 1. The third-order valence-corrected chi connectivity index (χ3v) is 4.83. The normalized spacial score (nSPS) is 15.5. The third-order valence-electron chi connectivity index (χ3n) is 3.26. The van der Waals surface area contributed by atoms with Crippen molar-refractivity contribution >= 4 is 33.3 Å². The van der Waals surface area contributed by atoms with Gasteiger partial charge in [-0.05, 0) is 30.7 Å². The van der Waals surface area contributed by atoms with Crippen molar-refractivity contribution in [1.29, 1.82) is 0 Å². The van der Waals surface area contributed by atoms with E-state index in [1.807, 2.05) is 31.2 Å². The van der Waals surface area contributed by atoms with Gasteiger partial charge in [-0.2, -0.15) is 8.42 Å². The van der Waals surface area contributed by atoms with E-state index in [9.17, 15) is 8.42 Å². The van der Waals surface area contributed by atoms with E-state index in [0.29, 0.717) is 17.3 Å². The van der Waals surface area contributed by atoms with Crippen molar-refractivity contribution in [3.63, 3.8) is 0 Å². The molecule has 1 aliphatic heterocycles. The number of anilines is 1. The maximum absolute atomic E-state index is 12.1. The lowest BCUT2D eigenvalue weighted by Gasteiger charge is -2.19. The first kappa shape index (κ1) is 14.9. The summed E-state index contributed by atoms with van der Waals surface area (Å²) in [4.78, 5) is 0.123. The molecule has 3 rings (SSSR count). The summed E-state index contributed by atoms with van der Waals surface area (Å²) in [5, 5.41) is 6.40. The van der Waals surface area contributed by atoms with Gasteiger partial charge in [0.2, 0.25) is 5.96 Å². The summed E-state index contributed by atoms with van der Waals surface area (Å²) in [7, 11) is -3.71.